The lowest BCUT2D eigenvalue weighted by Crippen LogP contribution is -2.35. The fourth-order valence-electron chi connectivity index (χ4n) is 1.49. The van der Waals surface area contributed by atoms with Crippen LogP contribution in [0.3, 0.4) is 0 Å². The summed E-state index contributed by atoms with van der Waals surface area (Å²) in [6.07, 6.45) is 5.32. The minimum atomic E-state index is 0.769. The molecule has 0 bridgehead atoms. The first-order valence-corrected chi connectivity index (χ1v) is 4.98. The molecule has 0 aromatic rings. The van der Waals surface area contributed by atoms with Crippen LogP contribution in [-0.4, -0.2) is 19.1 Å². The van der Waals surface area contributed by atoms with Gasteiger partial charge in [0.25, 0.3) is 0 Å². The summed E-state index contributed by atoms with van der Waals surface area (Å²) in [5, 5.41) is 3.32. The molecular weight excluding hydrogens is 239 g/mol. The number of hydrogen-bond acceptors (Lipinski definition) is 2. The highest BCUT2D eigenvalue weighted by atomic mass is 127. The van der Waals surface area contributed by atoms with E-state index in [1.807, 2.05) is 0 Å². The number of rotatable bonds is 2. The van der Waals surface area contributed by atoms with E-state index in [4.69, 9.17) is 0 Å². The monoisotopic (exact) mass is 254 g/mol. The second kappa shape index (κ2) is 4.51. The number of nitrogens with one attached hydrogen (secondary N) is 2. The maximum atomic E-state index is 3.32. The van der Waals surface area contributed by atoms with Crippen molar-refractivity contribution in [3.05, 3.63) is 0 Å². The SMILES string of the molecule is CNC1CCC(NI)CC1. The summed E-state index contributed by atoms with van der Waals surface area (Å²) >= 11 is 2.26. The molecule has 10 heavy (non-hydrogen) atoms. The summed E-state index contributed by atoms with van der Waals surface area (Å²) in [7, 11) is 2.06. The van der Waals surface area contributed by atoms with E-state index in [9.17, 15) is 0 Å². The van der Waals surface area contributed by atoms with E-state index in [2.05, 4.69) is 38.8 Å². The van der Waals surface area contributed by atoms with Gasteiger partial charge in [-0.2, -0.15) is 0 Å². The Balaban J connectivity index is 2.17. The van der Waals surface area contributed by atoms with E-state index in [0.29, 0.717) is 0 Å². The van der Waals surface area contributed by atoms with Crippen molar-refractivity contribution >= 4 is 22.9 Å². The molecule has 2 nitrogen and oxygen atoms in total. The highest BCUT2D eigenvalue weighted by molar-refractivity contribution is 14.1. The minimum Gasteiger partial charge on any atom is -0.317 e. The van der Waals surface area contributed by atoms with Gasteiger partial charge >= 0.3 is 0 Å². The molecule has 60 valence electrons. The molecule has 1 saturated carbocycles. The molecule has 0 unspecified atom stereocenters. The van der Waals surface area contributed by atoms with E-state index < -0.39 is 0 Å². The predicted octanol–water partition coefficient (Wildman–Crippen LogP) is 1.46. The molecule has 2 N–H and O–H groups in total. The molecule has 0 aromatic carbocycles. The molecule has 1 rings (SSSR count). The van der Waals surface area contributed by atoms with Crippen LogP contribution in [0, 0.1) is 0 Å². The molecule has 1 aliphatic carbocycles. The quantitative estimate of drug-likeness (QED) is 0.575. The zero-order valence-electron chi connectivity index (χ0n) is 6.36. The van der Waals surface area contributed by atoms with E-state index in [0.717, 1.165) is 12.1 Å². The maximum absolute atomic E-state index is 3.32. The summed E-state index contributed by atoms with van der Waals surface area (Å²) in [5.41, 5.74) is 0. The lowest BCUT2D eigenvalue weighted by molar-refractivity contribution is 0.351. The Morgan fingerprint density at radius 2 is 1.60 bits per heavy atom. The largest absolute Gasteiger partial charge is 0.317 e. The second-order valence-electron chi connectivity index (χ2n) is 2.95. The van der Waals surface area contributed by atoms with Crippen molar-refractivity contribution in [3.63, 3.8) is 0 Å². The standard InChI is InChI=1S/C7H15IN2/c1-9-6-2-4-7(10-8)5-3-6/h6-7,9-10H,2-5H2,1H3. The van der Waals surface area contributed by atoms with E-state index >= 15 is 0 Å². The molecule has 0 radical (unpaired) electrons. The molecule has 0 saturated heterocycles. The highest BCUT2D eigenvalue weighted by Crippen LogP contribution is 2.18. The van der Waals surface area contributed by atoms with Crippen LogP contribution in [0.2, 0.25) is 0 Å². The van der Waals surface area contributed by atoms with Gasteiger partial charge in [-0.1, -0.05) is 0 Å². The molecular formula is C7H15IN2. The third-order valence-electron chi connectivity index (χ3n) is 2.29. The van der Waals surface area contributed by atoms with Crippen LogP contribution in [0.1, 0.15) is 25.7 Å². The highest BCUT2D eigenvalue weighted by Gasteiger charge is 2.18. The molecule has 0 aliphatic heterocycles. The molecule has 0 spiro atoms. The van der Waals surface area contributed by atoms with Crippen LogP contribution >= 0.6 is 22.9 Å². The topological polar surface area (TPSA) is 24.1 Å². The van der Waals surface area contributed by atoms with Crippen molar-refractivity contribution in [1.29, 1.82) is 0 Å². The Kier molecular flexibility index (Phi) is 3.95. The Morgan fingerprint density at radius 1 is 1.10 bits per heavy atom. The summed E-state index contributed by atoms with van der Waals surface area (Å²) < 4.78 is 3.29. The van der Waals surface area contributed by atoms with Crippen molar-refractivity contribution < 1.29 is 0 Å². The number of hydrogen-bond donors (Lipinski definition) is 2. The fraction of sp³-hybridized carbons (Fsp3) is 1.00. The third kappa shape index (κ3) is 2.36. The van der Waals surface area contributed by atoms with Crippen LogP contribution in [-0.2, 0) is 0 Å². The van der Waals surface area contributed by atoms with Crippen LogP contribution in [0.5, 0.6) is 0 Å². The molecule has 0 amide bonds. The average Bonchev–Trinajstić information content (AvgIpc) is 2.05. The molecule has 1 aliphatic rings. The van der Waals surface area contributed by atoms with Crippen LogP contribution in [0.4, 0.5) is 0 Å². The van der Waals surface area contributed by atoms with Gasteiger partial charge in [0.2, 0.25) is 0 Å². The van der Waals surface area contributed by atoms with Crippen molar-refractivity contribution in [3.8, 4) is 0 Å². The Morgan fingerprint density at radius 3 is 2.00 bits per heavy atom. The van der Waals surface area contributed by atoms with Crippen molar-refractivity contribution in [2.24, 2.45) is 0 Å². The lowest BCUT2D eigenvalue weighted by Gasteiger charge is -2.26. The Labute approximate surface area is 76.6 Å². The summed E-state index contributed by atoms with van der Waals surface area (Å²) in [6.45, 7) is 0. The van der Waals surface area contributed by atoms with Crippen molar-refractivity contribution in [1.82, 2.24) is 8.85 Å². The predicted molar refractivity (Wildman–Crippen MR) is 52.3 cm³/mol. The van der Waals surface area contributed by atoms with Gasteiger partial charge in [-0.15, -0.1) is 0 Å². The third-order valence-corrected chi connectivity index (χ3v) is 3.17. The maximum Gasteiger partial charge on any atom is 0.0172 e. The Hall–Kier alpha value is 0.650. The van der Waals surface area contributed by atoms with Gasteiger partial charge in [0, 0.05) is 34.9 Å². The van der Waals surface area contributed by atoms with Crippen LogP contribution < -0.4 is 8.85 Å². The van der Waals surface area contributed by atoms with E-state index in [-0.39, 0.29) is 0 Å². The lowest BCUT2D eigenvalue weighted by atomic mass is 9.92. The van der Waals surface area contributed by atoms with Crippen molar-refractivity contribution in [2.75, 3.05) is 7.05 Å². The van der Waals surface area contributed by atoms with Crippen LogP contribution in [0.15, 0.2) is 0 Å². The molecule has 0 atom stereocenters. The number of halogens is 1. The molecule has 3 heteroatoms. The minimum absolute atomic E-state index is 0.769. The second-order valence-corrected chi connectivity index (χ2v) is 3.57. The van der Waals surface area contributed by atoms with Gasteiger partial charge in [-0.3, -0.25) is 3.53 Å². The zero-order valence-corrected chi connectivity index (χ0v) is 8.52. The smallest absolute Gasteiger partial charge is 0.0172 e. The summed E-state index contributed by atoms with van der Waals surface area (Å²) in [6, 6.07) is 1.55. The van der Waals surface area contributed by atoms with Crippen molar-refractivity contribution in [2.45, 2.75) is 37.8 Å². The van der Waals surface area contributed by atoms with Gasteiger partial charge in [0.1, 0.15) is 0 Å². The first-order valence-electron chi connectivity index (χ1n) is 3.90. The van der Waals surface area contributed by atoms with Gasteiger partial charge in [0.05, 0.1) is 0 Å². The molecule has 1 fully saturated rings. The average molecular weight is 254 g/mol. The summed E-state index contributed by atoms with van der Waals surface area (Å²) in [5.74, 6) is 0. The van der Waals surface area contributed by atoms with E-state index in [1.54, 1.807) is 0 Å². The van der Waals surface area contributed by atoms with Gasteiger partial charge in [-0.25, -0.2) is 0 Å². The Bertz CT molecular complexity index is 77.6. The first-order chi connectivity index (χ1) is 4.86. The van der Waals surface area contributed by atoms with Gasteiger partial charge in [-0.05, 0) is 32.7 Å². The van der Waals surface area contributed by atoms with E-state index in [1.165, 1.54) is 25.7 Å². The molecule has 0 aromatic heterocycles. The van der Waals surface area contributed by atoms with Gasteiger partial charge < -0.3 is 5.32 Å². The fourth-order valence-corrected chi connectivity index (χ4v) is 2.11. The normalized spacial score (nSPS) is 34.2. The summed E-state index contributed by atoms with van der Waals surface area (Å²) in [4.78, 5) is 0. The molecule has 0 heterocycles. The van der Waals surface area contributed by atoms with Crippen LogP contribution in [0.25, 0.3) is 0 Å². The van der Waals surface area contributed by atoms with Gasteiger partial charge in [0.15, 0.2) is 0 Å². The zero-order chi connectivity index (χ0) is 7.40. The first kappa shape index (κ1) is 8.74.